The Hall–Kier alpha value is -20.8. The maximum Gasteiger partial charge on any atom is 0.386 e. The van der Waals surface area contributed by atoms with Gasteiger partial charge in [-0.2, -0.15) is 0 Å². The maximum absolute atomic E-state index is 13.3. The van der Waals surface area contributed by atoms with Gasteiger partial charge in [0.05, 0.1) is 0 Å². The molecule has 0 N–H and O–H groups in total. The molecule has 107 heavy (non-hydrogen) atoms. The molecule has 0 bridgehead atoms. The number of rotatable bonds is 5. The van der Waals surface area contributed by atoms with E-state index in [-0.39, 0.29) is 0 Å². The van der Waals surface area contributed by atoms with Crippen LogP contribution in [0.1, 0.15) is 34.6 Å². The Bertz CT molecular complexity index is 6510. The molecule has 0 rings (SSSR count). The van der Waals surface area contributed by atoms with Gasteiger partial charge in [-0.3, -0.25) is 0 Å². The molecule has 0 unspecified atom stereocenters. The summed E-state index contributed by atoms with van der Waals surface area (Å²) in [6.45, 7) is 6.90. The summed E-state index contributed by atoms with van der Waals surface area (Å²) in [5.74, 6) is 196. The molecule has 0 aromatic rings. The third kappa shape index (κ3) is 56.4. The summed E-state index contributed by atoms with van der Waals surface area (Å²) >= 11 is 0. The molecule has 0 aliphatic heterocycles. The average molecular weight is 1330 g/mol. The average Bonchev–Trinajstić information content (AvgIpc) is 0.752. The number of carbonyl (C=O) groups is 3. The molecule has 464 valence electrons. The Morgan fingerprint density at radius 1 is 0.187 bits per heavy atom. The van der Waals surface area contributed by atoms with Crippen molar-refractivity contribution >= 4 is 17.9 Å². The van der Waals surface area contributed by atoms with E-state index < -0.39 is 34.7 Å². The van der Waals surface area contributed by atoms with Crippen LogP contribution in [0.3, 0.4) is 0 Å². The van der Waals surface area contributed by atoms with Crippen LogP contribution in [0.15, 0.2) is 36.5 Å². The summed E-state index contributed by atoms with van der Waals surface area (Å²) in [7, 11) is 0. The molecular formula is C101H24O6. The highest BCUT2D eigenvalue weighted by Gasteiger charge is 2.60. The molecule has 0 saturated carbocycles. The number of ether oxygens (including phenoxy) is 3. The van der Waals surface area contributed by atoms with Crippen molar-refractivity contribution < 1.29 is 28.6 Å². The Labute approximate surface area is 629 Å². The molecule has 0 spiro atoms. The second-order valence-corrected chi connectivity index (χ2v) is 16.5. The van der Waals surface area contributed by atoms with E-state index >= 15 is 0 Å². The standard InChI is InChI=1S/C101H24O6/c1-9-12-15-18-21-24-27-30-33-36-39-42-45-48-51-54-57-60-63-66-69-72-75-78-81-84-87-90-93-96(102)105-99(4,5)101(8,107-98(104)95-92-89-86-83-80-77-74-71-68-65-62-59-56-53-50-47-44-41-38-35-32-29-26-23-20-17-14-11-3)100(6,7)106-97(103)94-91-88-85-82-79-76-73-70-67-64-61-58-55-52-49-46-43-40-37-34-31-28-25-22-19-16-13-10-2/h1-3,78-83H,4-8H3/b81-78+,82-79+,83-80+. The predicted octanol–water partition coefficient (Wildman–Crippen LogP) is 2.63. The molecular weight excluding hydrogens is 1310 g/mol. The van der Waals surface area contributed by atoms with Gasteiger partial charge in [-0.25, -0.2) is 14.4 Å². The van der Waals surface area contributed by atoms with Gasteiger partial charge >= 0.3 is 17.9 Å². The van der Waals surface area contributed by atoms with Crippen LogP contribution < -0.4 is 0 Å². The van der Waals surface area contributed by atoms with Crippen molar-refractivity contribution in [1.82, 2.24) is 0 Å². The predicted molar refractivity (Wildman–Crippen MR) is 412 cm³/mol. The van der Waals surface area contributed by atoms with Crippen LogP contribution in [0, 0.1) is 499 Å². The molecule has 0 saturated heterocycles. The monoisotopic (exact) mass is 1330 g/mol. The van der Waals surface area contributed by atoms with E-state index in [0.29, 0.717) is 0 Å². The second kappa shape index (κ2) is 65.2. The fourth-order valence-corrected chi connectivity index (χ4v) is 4.74. The van der Waals surface area contributed by atoms with Gasteiger partial charge in [0.1, 0.15) is 0 Å². The van der Waals surface area contributed by atoms with Gasteiger partial charge in [-0.1, -0.05) is 35.5 Å². The number of hydrogen-bond acceptors (Lipinski definition) is 6. The van der Waals surface area contributed by atoms with Gasteiger partial charge in [0.2, 0.25) is 0 Å². The smallest absolute Gasteiger partial charge is 0.386 e. The first-order chi connectivity index (χ1) is 52.4. The second-order valence-electron chi connectivity index (χ2n) is 16.5. The zero-order valence-corrected chi connectivity index (χ0v) is 56.1. The van der Waals surface area contributed by atoms with Crippen LogP contribution in [0.2, 0.25) is 0 Å². The number of esters is 3. The first-order valence-electron chi connectivity index (χ1n) is 27.9. The van der Waals surface area contributed by atoms with Crippen molar-refractivity contribution in [3.05, 3.63) is 36.5 Å². The van der Waals surface area contributed by atoms with E-state index in [1.165, 1.54) is 71.1 Å². The van der Waals surface area contributed by atoms with E-state index in [1.54, 1.807) is 0 Å². The highest BCUT2D eigenvalue weighted by Crippen LogP contribution is 2.41. The van der Waals surface area contributed by atoms with Gasteiger partial charge in [0.25, 0.3) is 0 Å². The fourth-order valence-electron chi connectivity index (χ4n) is 4.74. The third-order valence-electron chi connectivity index (χ3n) is 9.12. The molecule has 0 aromatic carbocycles. The molecule has 0 radical (unpaired) electrons. The first kappa shape index (κ1) is 86.2. The van der Waals surface area contributed by atoms with Crippen molar-refractivity contribution in [2.45, 2.75) is 51.4 Å². The Morgan fingerprint density at radius 3 is 0.458 bits per heavy atom. The SMILES string of the molecule is C#CC#CC#CC#CC#CC#CC#CC#CC#CC#CC#CC#C/C=C/C#CC#CC(=O)OC(C)(C)C(C)(OC(=O)C#CC#C/C=C/C#CC#CC#CC#CC#CC#CC#CC#CC#CC#CC#CC#C)C(C)(C)OC(=O)C#CC#C/C=C/C#CC#CC#CC#CC#CC#CC#CC#CC#CC#CC#CC#C. The van der Waals surface area contributed by atoms with Crippen molar-refractivity contribution in [3.63, 3.8) is 0 Å². The van der Waals surface area contributed by atoms with E-state index in [2.05, 4.69) is 480 Å². The third-order valence-corrected chi connectivity index (χ3v) is 9.12. The summed E-state index contributed by atoms with van der Waals surface area (Å²) < 4.78 is 17.2. The van der Waals surface area contributed by atoms with Gasteiger partial charge in [-0.15, -0.1) is 19.3 Å². The van der Waals surface area contributed by atoms with Crippen molar-refractivity contribution in [1.29, 1.82) is 0 Å². The first-order valence-corrected chi connectivity index (χ1v) is 27.9. The fraction of sp³-hybridized carbons (Fsp3) is 0.0792. The number of allylic oxidation sites excluding steroid dienone is 6. The highest BCUT2D eigenvalue weighted by molar-refractivity contribution is 5.91. The molecule has 0 fully saturated rings. The minimum Gasteiger partial charge on any atom is -0.446 e. The summed E-state index contributed by atoms with van der Waals surface area (Å²) in [4.78, 5) is 39.6. The van der Waals surface area contributed by atoms with Crippen molar-refractivity contribution in [2.75, 3.05) is 0 Å². The van der Waals surface area contributed by atoms with E-state index in [9.17, 15) is 14.4 Å². The van der Waals surface area contributed by atoms with Crippen molar-refractivity contribution in [3.8, 4) is 499 Å². The van der Waals surface area contributed by atoms with E-state index in [0.717, 1.165) is 0 Å². The molecule has 0 atom stereocenters. The lowest BCUT2D eigenvalue weighted by Crippen LogP contribution is -2.66. The van der Waals surface area contributed by atoms with Crippen LogP contribution >= 0.6 is 0 Å². The zero-order valence-electron chi connectivity index (χ0n) is 56.1. The van der Waals surface area contributed by atoms with Crippen LogP contribution in [-0.4, -0.2) is 34.7 Å². The summed E-state index contributed by atoms with van der Waals surface area (Å²) in [5, 5.41) is 0. The lowest BCUT2D eigenvalue weighted by molar-refractivity contribution is -0.245. The van der Waals surface area contributed by atoms with E-state index in [1.807, 2.05) is 0 Å². The van der Waals surface area contributed by atoms with Crippen LogP contribution in [0.5, 0.6) is 0 Å². The minimum absolute atomic E-state index is 1.10. The normalized spacial score (nSPS) is 6.22. The maximum atomic E-state index is 13.3. The Kier molecular flexibility index (Phi) is 52.5. The highest BCUT2D eigenvalue weighted by atomic mass is 16.6. The minimum atomic E-state index is -2.02. The van der Waals surface area contributed by atoms with E-state index in [4.69, 9.17) is 33.5 Å². The molecule has 0 aliphatic carbocycles. The van der Waals surface area contributed by atoms with Gasteiger partial charge in [-0.05, 0) is 391 Å². The van der Waals surface area contributed by atoms with Gasteiger partial charge in [0.15, 0.2) is 16.8 Å². The van der Waals surface area contributed by atoms with Gasteiger partial charge < -0.3 is 14.2 Å². The van der Waals surface area contributed by atoms with Gasteiger partial charge in [0, 0.05) is 124 Å². The molecule has 0 aliphatic rings. The quantitative estimate of drug-likeness (QED) is 0.183. The summed E-state index contributed by atoms with van der Waals surface area (Å²) in [6, 6.07) is 0. The lowest BCUT2D eigenvalue weighted by Gasteiger charge is -2.49. The summed E-state index contributed by atoms with van der Waals surface area (Å²) in [6.07, 6.45) is 23.1. The molecule has 0 heterocycles. The molecule has 0 aromatic heterocycles. The topological polar surface area (TPSA) is 78.9 Å². The van der Waals surface area contributed by atoms with Crippen molar-refractivity contribution in [2.24, 2.45) is 0 Å². The molecule has 6 nitrogen and oxygen atoms in total. The Morgan fingerprint density at radius 2 is 0.308 bits per heavy atom. The number of terminal acetylenes is 3. The zero-order chi connectivity index (χ0) is 77.9. The molecule has 0 amide bonds. The Balaban J connectivity index is 6.27. The lowest BCUT2D eigenvalue weighted by atomic mass is 9.74. The van der Waals surface area contributed by atoms with Crippen LogP contribution in [0.25, 0.3) is 0 Å². The summed E-state index contributed by atoms with van der Waals surface area (Å²) in [5.41, 5.74) is -5.64. The number of carbonyl (C=O) groups excluding carboxylic acids is 3. The number of hydrogen-bond donors (Lipinski definition) is 0. The van der Waals surface area contributed by atoms with Crippen LogP contribution in [-0.2, 0) is 28.6 Å². The van der Waals surface area contributed by atoms with Crippen LogP contribution in [0.4, 0.5) is 0 Å². The largest absolute Gasteiger partial charge is 0.446 e. The molecule has 6 heteroatoms.